The van der Waals surface area contributed by atoms with Crippen molar-refractivity contribution < 1.29 is 4.74 Å². The van der Waals surface area contributed by atoms with E-state index in [-0.39, 0.29) is 0 Å². The zero-order valence-corrected chi connectivity index (χ0v) is 12.6. The molecular formula is C16H26N2O. The number of piperazine rings is 1. The number of nitrogens with zero attached hydrogens (tertiary/aromatic N) is 1. The van der Waals surface area contributed by atoms with Gasteiger partial charge in [-0.1, -0.05) is 26.0 Å². The lowest BCUT2D eigenvalue weighted by Gasteiger charge is -2.32. The number of hydrogen-bond donors (Lipinski definition) is 1. The van der Waals surface area contributed by atoms with Gasteiger partial charge in [0.05, 0.1) is 7.11 Å². The Kier molecular flexibility index (Phi) is 4.83. The van der Waals surface area contributed by atoms with Crippen LogP contribution in [-0.4, -0.2) is 37.7 Å². The summed E-state index contributed by atoms with van der Waals surface area (Å²) in [7, 11) is 1.76. The van der Waals surface area contributed by atoms with Crippen LogP contribution in [0.1, 0.15) is 37.8 Å². The Hall–Kier alpha value is -1.06. The quantitative estimate of drug-likeness (QED) is 0.902. The lowest BCUT2D eigenvalue weighted by Crippen LogP contribution is -2.48. The average Bonchev–Trinajstić information content (AvgIpc) is 2.38. The van der Waals surface area contributed by atoms with Crippen molar-refractivity contribution in [3.05, 3.63) is 29.3 Å². The molecule has 106 valence electrons. The van der Waals surface area contributed by atoms with Gasteiger partial charge in [0, 0.05) is 37.8 Å². The molecule has 0 amide bonds. The van der Waals surface area contributed by atoms with Crippen LogP contribution in [0.25, 0.3) is 0 Å². The zero-order chi connectivity index (χ0) is 13.8. The van der Waals surface area contributed by atoms with E-state index < -0.39 is 0 Å². The van der Waals surface area contributed by atoms with Gasteiger partial charge in [-0.2, -0.15) is 0 Å². The maximum absolute atomic E-state index is 5.51. The van der Waals surface area contributed by atoms with E-state index in [0.717, 1.165) is 31.9 Å². The van der Waals surface area contributed by atoms with Gasteiger partial charge in [0.25, 0.3) is 0 Å². The fourth-order valence-electron chi connectivity index (χ4n) is 2.68. The minimum absolute atomic E-state index is 0.562. The van der Waals surface area contributed by atoms with E-state index in [9.17, 15) is 0 Å². The molecule has 1 aliphatic heterocycles. The molecule has 1 N–H and O–H groups in total. The van der Waals surface area contributed by atoms with Gasteiger partial charge in [-0.25, -0.2) is 0 Å². The predicted octanol–water partition coefficient (Wildman–Crippen LogP) is 2.61. The second kappa shape index (κ2) is 6.40. The van der Waals surface area contributed by atoms with Gasteiger partial charge in [0.15, 0.2) is 0 Å². The zero-order valence-electron chi connectivity index (χ0n) is 12.6. The Labute approximate surface area is 116 Å². The molecule has 0 spiro atoms. The van der Waals surface area contributed by atoms with E-state index in [4.69, 9.17) is 4.74 Å². The number of nitrogens with one attached hydrogen (secondary N) is 1. The minimum Gasteiger partial charge on any atom is -0.496 e. The summed E-state index contributed by atoms with van der Waals surface area (Å²) in [6.45, 7) is 11.0. The molecule has 0 aliphatic carbocycles. The summed E-state index contributed by atoms with van der Waals surface area (Å²) in [5.41, 5.74) is 2.70. The molecule has 0 saturated carbocycles. The van der Waals surface area contributed by atoms with Crippen molar-refractivity contribution in [2.75, 3.05) is 26.7 Å². The molecule has 1 unspecified atom stereocenters. The van der Waals surface area contributed by atoms with Gasteiger partial charge >= 0.3 is 0 Å². The summed E-state index contributed by atoms with van der Waals surface area (Å²) >= 11 is 0. The normalized spacial score (nSPS) is 20.8. The molecular weight excluding hydrogens is 236 g/mol. The smallest absolute Gasteiger partial charge is 0.123 e. The highest BCUT2D eigenvalue weighted by Crippen LogP contribution is 2.25. The van der Waals surface area contributed by atoms with E-state index in [1.807, 2.05) is 0 Å². The lowest BCUT2D eigenvalue weighted by atomic mass is 10.00. The van der Waals surface area contributed by atoms with Crippen LogP contribution in [0.15, 0.2) is 18.2 Å². The predicted molar refractivity (Wildman–Crippen MR) is 79.8 cm³/mol. The molecule has 3 nitrogen and oxygen atoms in total. The van der Waals surface area contributed by atoms with Crippen LogP contribution in [0.5, 0.6) is 5.75 Å². The first kappa shape index (κ1) is 14.4. The van der Waals surface area contributed by atoms with Crippen LogP contribution in [0.4, 0.5) is 0 Å². The van der Waals surface area contributed by atoms with Crippen LogP contribution < -0.4 is 10.1 Å². The molecule has 0 bridgehead atoms. The van der Waals surface area contributed by atoms with E-state index in [0.29, 0.717) is 12.0 Å². The van der Waals surface area contributed by atoms with Crippen molar-refractivity contribution in [2.45, 2.75) is 39.3 Å². The highest BCUT2D eigenvalue weighted by atomic mass is 16.5. The Bertz CT molecular complexity index is 417. The Morgan fingerprint density at radius 2 is 2.21 bits per heavy atom. The Balaban J connectivity index is 2.14. The standard InChI is InChI=1S/C16H26N2O/c1-12(2)14-5-6-16(19-4)15(9-14)11-18-8-7-17-13(3)10-18/h5-6,9,12-13,17H,7-8,10-11H2,1-4H3. The summed E-state index contributed by atoms with van der Waals surface area (Å²) in [4.78, 5) is 2.50. The summed E-state index contributed by atoms with van der Waals surface area (Å²) in [6, 6.07) is 7.16. The third-order valence-corrected chi connectivity index (χ3v) is 3.82. The Morgan fingerprint density at radius 3 is 2.84 bits per heavy atom. The maximum atomic E-state index is 5.51. The van der Waals surface area contributed by atoms with E-state index in [2.05, 4.69) is 49.2 Å². The molecule has 2 rings (SSSR count). The summed E-state index contributed by atoms with van der Waals surface area (Å²) in [5, 5.41) is 3.48. The molecule has 1 fully saturated rings. The first-order chi connectivity index (χ1) is 9.10. The van der Waals surface area contributed by atoms with Crippen LogP contribution in [-0.2, 0) is 6.54 Å². The SMILES string of the molecule is COc1ccc(C(C)C)cc1CN1CCNC(C)C1. The first-order valence-electron chi connectivity index (χ1n) is 7.22. The molecule has 1 saturated heterocycles. The molecule has 0 aromatic heterocycles. The number of ether oxygens (including phenoxy) is 1. The topological polar surface area (TPSA) is 24.5 Å². The molecule has 1 aromatic carbocycles. The van der Waals surface area contributed by atoms with Crippen LogP contribution in [0.3, 0.4) is 0 Å². The van der Waals surface area contributed by atoms with E-state index >= 15 is 0 Å². The number of rotatable bonds is 4. The van der Waals surface area contributed by atoms with Gasteiger partial charge in [0.1, 0.15) is 5.75 Å². The van der Waals surface area contributed by atoms with Crippen molar-refractivity contribution in [3.8, 4) is 5.75 Å². The number of benzene rings is 1. The monoisotopic (exact) mass is 262 g/mol. The van der Waals surface area contributed by atoms with Gasteiger partial charge in [-0.05, 0) is 24.5 Å². The van der Waals surface area contributed by atoms with Gasteiger partial charge in [-0.15, -0.1) is 0 Å². The number of hydrogen-bond acceptors (Lipinski definition) is 3. The first-order valence-corrected chi connectivity index (χ1v) is 7.22. The fourth-order valence-corrected chi connectivity index (χ4v) is 2.68. The molecule has 1 atom stereocenters. The molecule has 0 radical (unpaired) electrons. The number of methoxy groups -OCH3 is 1. The van der Waals surface area contributed by atoms with Gasteiger partial charge in [-0.3, -0.25) is 4.90 Å². The second-order valence-electron chi connectivity index (χ2n) is 5.82. The third kappa shape index (κ3) is 3.71. The lowest BCUT2D eigenvalue weighted by molar-refractivity contribution is 0.197. The molecule has 19 heavy (non-hydrogen) atoms. The average molecular weight is 262 g/mol. The molecule has 1 aliphatic rings. The fraction of sp³-hybridized carbons (Fsp3) is 0.625. The third-order valence-electron chi connectivity index (χ3n) is 3.82. The van der Waals surface area contributed by atoms with Gasteiger partial charge < -0.3 is 10.1 Å². The minimum atomic E-state index is 0.562. The van der Waals surface area contributed by atoms with E-state index in [1.54, 1.807) is 7.11 Å². The van der Waals surface area contributed by atoms with Crippen molar-refractivity contribution >= 4 is 0 Å². The van der Waals surface area contributed by atoms with Crippen molar-refractivity contribution in [3.63, 3.8) is 0 Å². The largest absolute Gasteiger partial charge is 0.496 e. The van der Waals surface area contributed by atoms with Gasteiger partial charge in [0.2, 0.25) is 0 Å². The molecule has 1 aromatic rings. The molecule has 3 heteroatoms. The maximum Gasteiger partial charge on any atom is 0.123 e. The van der Waals surface area contributed by atoms with Crippen LogP contribution in [0, 0.1) is 0 Å². The molecule has 1 heterocycles. The summed E-state index contributed by atoms with van der Waals surface area (Å²) in [6.07, 6.45) is 0. The summed E-state index contributed by atoms with van der Waals surface area (Å²) in [5.74, 6) is 1.57. The van der Waals surface area contributed by atoms with Crippen LogP contribution in [0.2, 0.25) is 0 Å². The van der Waals surface area contributed by atoms with E-state index in [1.165, 1.54) is 11.1 Å². The van der Waals surface area contributed by atoms with Crippen molar-refractivity contribution in [1.82, 2.24) is 10.2 Å². The second-order valence-corrected chi connectivity index (χ2v) is 5.82. The Morgan fingerprint density at radius 1 is 1.42 bits per heavy atom. The summed E-state index contributed by atoms with van der Waals surface area (Å²) < 4.78 is 5.51. The highest BCUT2D eigenvalue weighted by molar-refractivity contribution is 5.38. The van der Waals surface area contributed by atoms with Crippen LogP contribution >= 0.6 is 0 Å². The highest BCUT2D eigenvalue weighted by Gasteiger charge is 2.17. The van der Waals surface area contributed by atoms with Crippen molar-refractivity contribution in [2.24, 2.45) is 0 Å². The van der Waals surface area contributed by atoms with Crippen molar-refractivity contribution in [1.29, 1.82) is 0 Å².